The fourth-order valence-electron chi connectivity index (χ4n) is 3.59. The Kier molecular flexibility index (Phi) is 5.10. The van der Waals surface area contributed by atoms with Crippen LogP contribution in [0.5, 0.6) is 5.75 Å². The van der Waals surface area contributed by atoms with Crippen LogP contribution in [-0.2, 0) is 14.8 Å². The van der Waals surface area contributed by atoms with E-state index in [0.717, 1.165) is 0 Å². The molecule has 2 aliphatic rings. The lowest BCUT2D eigenvalue weighted by Crippen LogP contribution is -2.51. The standard InChI is InChI=1S/C19H24N6O4S/c1-19(2)17(26)25(14-5-4-8-20-11-14)16-15(29-19)12-21-18(23-16)22-13-6-9-24(10-7-13)30(3,27)28/h4-5,8,11-13H,6-7,9-10H2,1-3H3,(H,21,22,23). The zero-order valence-corrected chi connectivity index (χ0v) is 17.9. The molecule has 1 amide bonds. The molecule has 160 valence electrons. The van der Waals surface area contributed by atoms with Gasteiger partial charge in [-0.25, -0.2) is 17.7 Å². The minimum atomic E-state index is -3.18. The molecule has 0 spiro atoms. The van der Waals surface area contributed by atoms with Crippen LogP contribution in [0.15, 0.2) is 30.7 Å². The Morgan fingerprint density at radius 2 is 1.97 bits per heavy atom. The van der Waals surface area contributed by atoms with Gasteiger partial charge < -0.3 is 10.1 Å². The summed E-state index contributed by atoms with van der Waals surface area (Å²) in [5.74, 6) is 0.852. The second kappa shape index (κ2) is 7.47. The Hall–Kier alpha value is -2.79. The summed E-state index contributed by atoms with van der Waals surface area (Å²) in [5.41, 5.74) is -0.481. The number of pyridine rings is 1. The zero-order chi connectivity index (χ0) is 21.5. The van der Waals surface area contributed by atoms with Crippen LogP contribution < -0.4 is 15.0 Å². The molecular formula is C19H24N6O4S. The predicted molar refractivity (Wildman–Crippen MR) is 111 cm³/mol. The van der Waals surface area contributed by atoms with Gasteiger partial charge in [0, 0.05) is 25.3 Å². The molecule has 1 N–H and O–H groups in total. The van der Waals surface area contributed by atoms with E-state index in [4.69, 9.17) is 4.74 Å². The third kappa shape index (κ3) is 3.94. The fourth-order valence-corrected chi connectivity index (χ4v) is 4.46. The van der Waals surface area contributed by atoms with Crippen LogP contribution in [0.25, 0.3) is 0 Å². The predicted octanol–water partition coefficient (Wildman–Crippen LogP) is 1.54. The number of amides is 1. The molecule has 2 aromatic rings. The fraction of sp³-hybridized carbons (Fsp3) is 0.474. The Morgan fingerprint density at radius 3 is 2.60 bits per heavy atom. The van der Waals surface area contributed by atoms with Crippen molar-refractivity contribution >= 4 is 33.4 Å². The maximum absolute atomic E-state index is 13.1. The summed E-state index contributed by atoms with van der Waals surface area (Å²) in [7, 11) is -3.18. The molecule has 1 fully saturated rings. The molecule has 11 heteroatoms. The minimum absolute atomic E-state index is 0.0320. The Labute approximate surface area is 175 Å². The summed E-state index contributed by atoms with van der Waals surface area (Å²) in [5, 5.41) is 3.26. The average Bonchev–Trinajstić information content (AvgIpc) is 2.70. The maximum atomic E-state index is 13.1. The second-order valence-corrected chi connectivity index (χ2v) is 9.91. The van der Waals surface area contributed by atoms with Gasteiger partial charge in [0.2, 0.25) is 16.0 Å². The number of hydrogen-bond donors (Lipinski definition) is 1. The first kappa shape index (κ1) is 20.5. The van der Waals surface area contributed by atoms with Crippen molar-refractivity contribution in [2.24, 2.45) is 0 Å². The summed E-state index contributed by atoms with van der Waals surface area (Å²) < 4.78 is 30.7. The van der Waals surface area contributed by atoms with Gasteiger partial charge in [-0.05, 0) is 38.8 Å². The first-order chi connectivity index (χ1) is 14.1. The summed E-state index contributed by atoms with van der Waals surface area (Å²) in [6.45, 7) is 4.28. The van der Waals surface area contributed by atoms with E-state index in [9.17, 15) is 13.2 Å². The number of aromatic nitrogens is 3. The molecule has 2 aliphatic heterocycles. The number of rotatable bonds is 4. The number of sulfonamides is 1. The van der Waals surface area contributed by atoms with E-state index < -0.39 is 15.6 Å². The van der Waals surface area contributed by atoms with Crippen molar-refractivity contribution in [1.82, 2.24) is 19.3 Å². The molecule has 30 heavy (non-hydrogen) atoms. The van der Waals surface area contributed by atoms with Crippen molar-refractivity contribution in [2.45, 2.75) is 38.3 Å². The highest BCUT2D eigenvalue weighted by molar-refractivity contribution is 7.88. The highest BCUT2D eigenvalue weighted by Crippen LogP contribution is 2.40. The minimum Gasteiger partial charge on any atom is -0.472 e. The van der Waals surface area contributed by atoms with Crippen molar-refractivity contribution in [3.05, 3.63) is 30.7 Å². The van der Waals surface area contributed by atoms with Gasteiger partial charge in [0.25, 0.3) is 5.91 Å². The lowest BCUT2D eigenvalue weighted by Gasteiger charge is -2.37. The number of hydrogen-bond acceptors (Lipinski definition) is 8. The van der Waals surface area contributed by atoms with E-state index in [1.165, 1.54) is 15.5 Å². The highest BCUT2D eigenvalue weighted by atomic mass is 32.2. The second-order valence-electron chi connectivity index (χ2n) is 7.93. The van der Waals surface area contributed by atoms with Gasteiger partial charge in [-0.3, -0.25) is 14.7 Å². The van der Waals surface area contributed by atoms with Crippen LogP contribution >= 0.6 is 0 Å². The SMILES string of the molecule is CC1(C)Oc2cnc(NC3CCN(S(C)(=O)=O)CC3)nc2N(c2cccnc2)C1=O. The third-order valence-electron chi connectivity index (χ3n) is 5.19. The molecule has 4 heterocycles. The quantitative estimate of drug-likeness (QED) is 0.773. The number of nitrogens with one attached hydrogen (secondary N) is 1. The molecule has 10 nitrogen and oxygen atoms in total. The molecule has 1 saturated heterocycles. The van der Waals surface area contributed by atoms with Crippen molar-refractivity contribution in [3.8, 4) is 5.75 Å². The van der Waals surface area contributed by atoms with Gasteiger partial charge in [0.05, 0.1) is 24.3 Å². The normalized spacial score (nSPS) is 19.8. The van der Waals surface area contributed by atoms with Crippen LogP contribution in [-0.4, -0.2) is 64.6 Å². The summed E-state index contributed by atoms with van der Waals surface area (Å²) in [4.78, 5) is 27.6. The van der Waals surface area contributed by atoms with Gasteiger partial charge >= 0.3 is 0 Å². The molecular weight excluding hydrogens is 408 g/mol. The van der Waals surface area contributed by atoms with Gasteiger partial charge in [-0.15, -0.1) is 0 Å². The number of piperidine rings is 1. The molecule has 2 aromatic heterocycles. The molecule has 0 unspecified atom stereocenters. The molecule has 0 atom stereocenters. The lowest BCUT2D eigenvalue weighted by atomic mass is 10.1. The number of nitrogens with zero attached hydrogens (tertiary/aromatic N) is 5. The van der Waals surface area contributed by atoms with E-state index in [1.807, 2.05) is 0 Å². The molecule has 0 aromatic carbocycles. The largest absolute Gasteiger partial charge is 0.472 e. The number of carbonyl (C=O) groups excluding carboxylic acids is 1. The Morgan fingerprint density at radius 1 is 1.23 bits per heavy atom. The maximum Gasteiger partial charge on any atom is 0.276 e. The van der Waals surface area contributed by atoms with Crippen molar-refractivity contribution in [1.29, 1.82) is 0 Å². The van der Waals surface area contributed by atoms with E-state index in [0.29, 0.717) is 49.1 Å². The highest BCUT2D eigenvalue weighted by Gasteiger charge is 2.43. The number of fused-ring (bicyclic) bond motifs is 1. The molecule has 0 saturated carbocycles. The van der Waals surface area contributed by atoms with Crippen molar-refractivity contribution < 1.29 is 17.9 Å². The van der Waals surface area contributed by atoms with Crippen LogP contribution in [0, 0.1) is 0 Å². The van der Waals surface area contributed by atoms with Gasteiger partial charge in [0.15, 0.2) is 17.2 Å². The van der Waals surface area contributed by atoms with Crippen LogP contribution in [0.1, 0.15) is 26.7 Å². The monoisotopic (exact) mass is 432 g/mol. The average molecular weight is 433 g/mol. The lowest BCUT2D eigenvalue weighted by molar-refractivity contribution is -0.131. The van der Waals surface area contributed by atoms with E-state index in [1.54, 1.807) is 44.6 Å². The van der Waals surface area contributed by atoms with E-state index in [-0.39, 0.29) is 11.9 Å². The Balaban J connectivity index is 1.59. The number of anilines is 3. The number of carbonyl (C=O) groups is 1. The van der Waals surface area contributed by atoms with Crippen LogP contribution in [0.2, 0.25) is 0 Å². The molecule has 4 rings (SSSR count). The van der Waals surface area contributed by atoms with Gasteiger partial charge in [-0.1, -0.05) is 0 Å². The Bertz CT molecular complexity index is 1050. The van der Waals surface area contributed by atoms with Crippen LogP contribution in [0.4, 0.5) is 17.5 Å². The van der Waals surface area contributed by atoms with Gasteiger partial charge in [0.1, 0.15) is 0 Å². The molecule has 0 radical (unpaired) electrons. The first-order valence-electron chi connectivity index (χ1n) is 9.67. The number of ether oxygens (including phenoxy) is 1. The zero-order valence-electron chi connectivity index (χ0n) is 17.1. The van der Waals surface area contributed by atoms with Crippen molar-refractivity contribution in [3.63, 3.8) is 0 Å². The summed E-state index contributed by atoms with van der Waals surface area (Å²) in [6, 6.07) is 3.57. The summed E-state index contributed by atoms with van der Waals surface area (Å²) >= 11 is 0. The summed E-state index contributed by atoms with van der Waals surface area (Å²) in [6.07, 6.45) is 7.28. The smallest absolute Gasteiger partial charge is 0.276 e. The van der Waals surface area contributed by atoms with Gasteiger partial charge in [-0.2, -0.15) is 4.98 Å². The van der Waals surface area contributed by atoms with E-state index in [2.05, 4.69) is 20.3 Å². The van der Waals surface area contributed by atoms with E-state index >= 15 is 0 Å². The van der Waals surface area contributed by atoms with Crippen molar-refractivity contribution in [2.75, 3.05) is 29.6 Å². The topological polar surface area (TPSA) is 118 Å². The molecule has 0 aliphatic carbocycles. The van der Waals surface area contributed by atoms with Crippen LogP contribution in [0.3, 0.4) is 0 Å². The first-order valence-corrected chi connectivity index (χ1v) is 11.5. The molecule has 0 bridgehead atoms. The third-order valence-corrected chi connectivity index (χ3v) is 6.49.